The summed E-state index contributed by atoms with van der Waals surface area (Å²) in [5.74, 6) is 0.837. The number of amides is 2. The molecular formula is C13H19N3O3S2. The van der Waals surface area contributed by atoms with Gasteiger partial charge in [0.1, 0.15) is 0 Å². The van der Waals surface area contributed by atoms with Crippen molar-refractivity contribution in [2.75, 3.05) is 18.1 Å². The van der Waals surface area contributed by atoms with Crippen molar-refractivity contribution in [3.8, 4) is 0 Å². The number of sulfonamides is 1. The molecule has 1 aliphatic heterocycles. The number of thioether (sulfide) groups is 1. The predicted octanol–water partition coefficient (Wildman–Crippen LogP) is 1.20. The summed E-state index contributed by atoms with van der Waals surface area (Å²) in [6, 6.07) is 7.74. The first-order valence-corrected chi connectivity index (χ1v) is 9.42. The summed E-state index contributed by atoms with van der Waals surface area (Å²) in [4.78, 5) is 13.0. The van der Waals surface area contributed by atoms with Gasteiger partial charge in [-0.15, -0.1) is 11.8 Å². The van der Waals surface area contributed by atoms with E-state index in [4.69, 9.17) is 5.14 Å². The SMILES string of the molecule is NS(=O)(=O)CCCNC(=O)NC1CCSc2ccccc21. The van der Waals surface area contributed by atoms with Crippen LogP contribution in [0.4, 0.5) is 4.79 Å². The van der Waals surface area contributed by atoms with E-state index in [0.29, 0.717) is 6.42 Å². The largest absolute Gasteiger partial charge is 0.338 e. The fourth-order valence-corrected chi connectivity index (χ4v) is 3.85. The number of fused-ring (bicyclic) bond motifs is 1. The van der Waals surface area contributed by atoms with Crippen LogP contribution in [-0.4, -0.2) is 32.5 Å². The van der Waals surface area contributed by atoms with Crippen LogP contribution in [0.5, 0.6) is 0 Å². The Balaban J connectivity index is 1.81. The van der Waals surface area contributed by atoms with Gasteiger partial charge in [-0.05, 0) is 24.5 Å². The summed E-state index contributed by atoms with van der Waals surface area (Å²) in [7, 11) is -3.46. The van der Waals surface area contributed by atoms with Crippen LogP contribution in [-0.2, 0) is 10.0 Å². The monoisotopic (exact) mass is 329 g/mol. The van der Waals surface area contributed by atoms with Gasteiger partial charge in [0.2, 0.25) is 10.0 Å². The second-order valence-corrected chi connectivity index (χ2v) is 7.72. The van der Waals surface area contributed by atoms with E-state index in [0.717, 1.165) is 17.7 Å². The van der Waals surface area contributed by atoms with Crippen molar-refractivity contribution in [1.29, 1.82) is 0 Å². The maximum atomic E-state index is 11.8. The number of primary sulfonamides is 1. The van der Waals surface area contributed by atoms with Gasteiger partial charge in [0, 0.05) is 17.2 Å². The van der Waals surface area contributed by atoms with Gasteiger partial charge in [-0.25, -0.2) is 18.4 Å². The Morgan fingerprint density at radius 1 is 1.38 bits per heavy atom. The van der Waals surface area contributed by atoms with Gasteiger partial charge in [0.15, 0.2) is 0 Å². The molecule has 1 heterocycles. The number of hydrogen-bond donors (Lipinski definition) is 3. The standard InChI is InChI=1S/C13H19N3O3S2/c14-21(18,19)9-3-7-15-13(17)16-11-6-8-20-12-5-2-1-4-10(11)12/h1-2,4-5,11H,3,6-9H2,(H2,14,18,19)(H2,15,16,17). The zero-order chi connectivity index (χ0) is 15.3. The third-order valence-electron chi connectivity index (χ3n) is 3.16. The Hall–Kier alpha value is -1.25. The molecular weight excluding hydrogens is 310 g/mol. The number of nitrogens with two attached hydrogens (primary N) is 1. The van der Waals surface area contributed by atoms with Crippen molar-refractivity contribution in [2.24, 2.45) is 5.14 Å². The lowest BCUT2D eigenvalue weighted by molar-refractivity contribution is 0.236. The Labute approximate surface area is 128 Å². The van der Waals surface area contributed by atoms with E-state index in [1.807, 2.05) is 18.2 Å². The van der Waals surface area contributed by atoms with E-state index < -0.39 is 10.0 Å². The van der Waals surface area contributed by atoms with Crippen molar-refractivity contribution in [2.45, 2.75) is 23.8 Å². The number of carbonyl (C=O) groups excluding carboxylic acids is 1. The number of carbonyl (C=O) groups is 1. The number of urea groups is 1. The average Bonchev–Trinajstić information content (AvgIpc) is 2.43. The molecule has 0 fully saturated rings. The number of hydrogen-bond acceptors (Lipinski definition) is 4. The molecule has 2 rings (SSSR count). The number of benzene rings is 1. The third kappa shape index (κ3) is 5.22. The molecule has 0 bridgehead atoms. The summed E-state index contributed by atoms with van der Waals surface area (Å²) in [5, 5.41) is 10.5. The lowest BCUT2D eigenvalue weighted by Gasteiger charge is -2.25. The highest BCUT2D eigenvalue weighted by Crippen LogP contribution is 2.35. The molecule has 0 aromatic heterocycles. The summed E-state index contributed by atoms with van der Waals surface area (Å²) < 4.78 is 21.6. The van der Waals surface area contributed by atoms with Gasteiger partial charge in [-0.3, -0.25) is 0 Å². The van der Waals surface area contributed by atoms with Crippen molar-refractivity contribution < 1.29 is 13.2 Å². The molecule has 1 aromatic rings. The summed E-state index contributed by atoms with van der Waals surface area (Å²) in [5.41, 5.74) is 1.13. The van der Waals surface area contributed by atoms with Gasteiger partial charge in [-0.2, -0.15) is 0 Å². The number of nitrogens with one attached hydrogen (secondary N) is 2. The molecule has 0 saturated carbocycles. The first-order chi connectivity index (χ1) is 9.96. The summed E-state index contributed by atoms with van der Waals surface area (Å²) in [6.45, 7) is 0.283. The van der Waals surface area contributed by atoms with Crippen molar-refractivity contribution in [3.05, 3.63) is 29.8 Å². The van der Waals surface area contributed by atoms with E-state index in [-0.39, 0.29) is 24.4 Å². The average molecular weight is 329 g/mol. The lowest BCUT2D eigenvalue weighted by atomic mass is 10.0. The number of rotatable bonds is 5. The molecule has 1 unspecified atom stereocenters. The molecule has 1 aliphatic rings. The normalized spacial score (nSPS) is 17.9. The second-order valence-electron chi connectivity index (χ2n) is 4.85. The van der Waals surface area contributed by atoms with Gasteiger partial charge in [-0.1, -0.05) is 18.2 Å². The quantitative estimate of drug-likeness (QED) is 0.707. The van der Waals surface area contributed by atoms with E-state index >= 15 is 0 Å². The Kier molecular flexibility index (Phi) is 5.49. The van der Waals surface area contributed by atoms with Crippen LogP contribution >= 0.6 is 11.8 Å². The first-order valence-electron chi connectivity index (χ1n) is 6.72. The van der Waals surface area contributed by atoms with Crippen LogP contribution in [0.15, 0.2) is 29.2 Å². The van der Waals surface area contributed by atoms with Crippen molar-refractivity contribution in [3.63, 3.8) is 0 Å². The van der Waals surface area contributed by atoms with E-state index in [2.05, 4.69) is 16.7 Å². The Bertz CT molecular complexity index is 604. The summed E-state index contributed by atoms with van der Waals surface area (Å²) in [6.07, 6.45) is 1.19. The van der Waals surface area contributed by atoms with Gasteiger partial charge < -0.3 is 10.6 Å². The molecule has 1 aromatic carbocycles. The molecule has 4 N–H and O–H groups in total. The Morgan fingerprint density at radius 3 is 2.90 bits per heavy atom. The second kappa shape index (κ2) is 7.15. The maximum absolute atomic E-state index is 11.8. The van der Waals surface area contributed by atoms with Crippen LogP contribution in [0.3, 0.4) is 0 Å². The molecule has 0 spiro atoms. The van der Waals surface area contributed by atoms with E-state index in [1.54, 1.807) is 11.8 Å². The molecule has 8 heteroatoms. The third-order valence-corrected chi connectivity index (χ3v) is 5.14. The molecule has 1 atom stereocenters. The van der Waals surface area contributed by atoms with Crippen LogP contribution in [0, 0.1) is 0 Å². The molecule has 6 nitrogen and oxygen atoms in total. The predicted molar refractivity (Wildman–Crippen MR) is 83.6 cm³/mol. The lowest BCUT2D eigenvalue weighted by Crippen LogP contribution is -2.39. The molecule has 21 heavy (non-hydrogen) atoms. The minimum atomic E-state index is -3.46. The van der Waals surface area contributed by atoms with Crippen molar-refractivity contribution in [1.82, 2.24) is 10.6 Å². The highest BCUT2D eigenvalue weighted by Gasteiger charge is 2.21. The van der Waals surface area contributed by atoms with E-state index in [1.165, 1.54) is 4.90 Å². The highest BCUT2D eigenvalue weighted by atomic mass is 32.2. The Morgan fingerprint density at radius 2 is 2.14 bits per heavy atom. The van der Waals surface area contributed by atoms with Gasteiger partial charge >= 0.3 is 6.03 Å². The highest BCUT2D eigenvalue weighted by molar-refractivity contribution is 7.99. The van der Waals surface area contributed by atoms with Crippen LogP contribution in [0.1, 0.15) is 24.4 Å². The molecule has 116 valence electrons. The van der Waals surface area contributed by atoms with Gasteiger partial charge in [0.05, 0.1) is 11.8 Å². The summed E-state index contributed by atoms with van der Waals surface area (Å²) >= 11 is 1.79. The maximum Gasteiger partial charge on any atom is 0.315 e. The first kappa shape index (κ1) is 16.1. The molecule has 0 saturated heterocycles. The topological polar surface area (TPSA) is 101 Å². The molecule has 0 radical (unpaired) electrons. The minimum Gasteiger partial charge on any atom is -0.338 e. The van der Waals surface area contributed by atoms with Crippen LogP contribution < -0.4 is 15.8 Å². The zero-order valence-corrected chi connectivity index (χ0v) is 13.2. The molecule has 0 aliphatic carbocycles. The smallest absolute Gasteiger partial charge is 0.315 e. The van der Waals surface area contributed by atoms with Crippen molar-refractivity contribution >= 4 is 27.8 Å². The fraction of sp³-hybridized carbons (Fsp3) is 0.462. The van der Waals surface area contributed by atoms with Crippen LogP contribution in [0.2, 0.25) is 0 Å². The zero-order valence-electron chi connectivity index (χ0n) is 11.5. The van der Waals surface area contributed by atoms with Crippen LogP contribution in [0.25, 0.3) is 0 Å². The van der Waals surface area contributed by atoms with E-state index in [9.17, 15) is 13.2 Å². The molecule has 2 amide bonds. The minimum absolute atomic E-state index is 0.000640. The van der Waals surface area contributed by atoms with Gasteiger partial charge in [0.25, 0.3) is 0 Å². The fourth-order valence-electron chi connectivity index (χ4n) is 2.18.